The molecule has 0 fully saturated rings. The molecule has 0 aromatic heterocycles. The summed E-state index contributed by atoms with van der Waals surface area (Å²) < 4.78 is 5.11. The predicted octanol–water partition coefficient (Wildman–Crippen LogP) is 3.03. The molecule has 16 heavy (non-hydrogen) atoms. The van der Waals surface area contributed by atoms with Crippen molar-refractivity contribution in [3.8, 4) is 5.75 Å². The molecule has 0 aliphatic heterocycles. The highest BCUT2D eigenvalue weighted by molar-refractivity contribution is 5.27. The maximum Gasteiger partial charge on any atom is 0.118 e. The van der Waals surface area contributed by atoms with Crippen LogP contribution in [0.5, 0.6) is 5.75 Å². The fourth-order valence-corrected chi connectivity index (χ4v) is 1.85. The van der Waals surface area contributed by atoms with E-state index < -0.39 is 0 Å². The van der Waals surface area contributed by atoms with Gasteiger partial charge in [0.05, 0.1) is 13.2 Å². The largest absolute Gasteiger partial charge is 0.497 e. The topological polar surface area (TPSA) is 29.5 Å². The van der Waals surface area contributed by atoms with E-state index in [0.717, 1.165) is 25.0 Å². The van der Waals surface area contributed by atoms with Gasteiger partial charge in [0.15, 0.2) is 0 Å². The maximum atomic E-state index is 9.86. The summed E-state index contributed by atoms with van der Waals surface area (Å²) in [7, 11) is 1.67. The van der Waals surface area contributed by atoms with Gasteiger partial charge >= 0.3 is 0 Å². The van der Waals surface area contributed by atoms with Crippen molar-refractivity contribution < 1.29 is 9.84 Å². The van der Waals surface area contributed by atoms with Crippen molar-refractivity contribution in [1.29, 1.82) is 0 Å². The summed E-state index contributed by atoms with van der Waals surface area (Å²) in [5, 5.41) is 9.86. The predicted molar refractivity (Wildman–Crippen MR) is 66.8 cm³/mol. The minimum atomic E-state index is -0.188. The Morgan fingerprint density at radius 1 is 1.25 bits per heavy atom. The second-order valence-electron chi connectivity index (χ2n) is 4.39. The molecule has 2 nitrogen and oxygen atoms in total. The first kappa shape index (κ1) is 13.0. The number of methoxy groups -OCH3 is 1. The molecule has 0 aliphatic carbocycles. The van der Waals surface area contributed by atoms with Gasteiger partial charge in [0.25, 0.3) is 0 Å². The zero-order valence-electron chi connectivity index (χ0n) is 10.4. The van der Waals surface area contributed by atoms with E-state index in [1.54, 1.807) is 7.11 Å². The van der Waals surface area contributed by atoms with Crippen LogP contribution >= 0.6 is 0 Å². The molecule has 0 spiro atoms. The number of ether oxygens (including phenoxy) is 1. The van der Waals surface area contributed by atoms with Crippen molar-refractivity contribution in [1.82, 2.24) is 0 Å². The fourth-order valence-electron chi connectivity index (χ4n) is 1.85. The Morgan fingerprint density at radius 2 is 1.88 bits per heavy atom. The Balaban J connectivity index is 2.52. The Labute approximate surface area is 98.3 Å². The van der Waals surface area contributed by atoms with Crippen LogP contribution in [0.25, 0.3) is 0 Å². The number of benzene rings is 1. The SMILES string of the molecule is CCCC(O)C(C)Cc1ccc(OC)cc1. The summed E-state index contributed by atoms with van der Waals surface area (Å²) in [5.41, 5.74) is 1.25. The summed E-state index contributed by atoms with van der Waals surface area (Å²) in [6, 6.07) is 8.06. The van der Waals surface area contributed by atoms with Gasteiger partial charge in [-0.3, -0.25) is 0 Å². The Bertz CT molecular complexity index is 292. The van der Waals surface area contributed by atoms with Crippen molar-refractivity contribution >= 4 is 0 Å². The van der Waals surface area contributed by atoms with Crippen molar-refractivity contribution in [3.63, 3.8) is 0 Å². The normalized spacial score (nSPS) is 14.5. The molecular formula is C14H22O2. The molecule has 1 aromatic carbocycles. The summed E-state index contributed by atoms with van der Waals surface area (Å²) >= 11 is 0. The number of aliphatic hydroxyl groups is 1. The molecule has 0 aliphatic rings. The average molecular weight is 222 g/mol. The van der Waals surface area contributed by atoms with E-state index in [9.17, 15) is 5.11 Å². The maximum absolute atomic E-state index is 9.86. The van der Waals surface area contributed by atoms with Crippen molar-refractivity contribution in [2.45, 2.75) is 39.2 Å². The molecule has 0 saturated heterocycles. The molecule has 2 heteroatoms. The zero-order valence-corrected chi connectivity index (χ0v) is 10.4. The van der Waals surface area contributed by atoms with Gasteiger partial charge in [0.2, 0.25) is 0 Å². The van der Waals surface area contributed by atoms with Crippen LogP contribution in [0.1, 0.15) is 32.3 Å². The lowest BCUT2D eigenvalue weighted by molar-refractivity contribution is 0.107. The lowest BCUT2D eigenvalue weighted by Crippen LogP contribution is -2.19. The molecule has 0 heterocycles. The minimum Gasteiger partial charge on any atom is -0.497 e. The van der Waals surface area contributed by atoms with Crippen LogP contribution in [0.4, 0.5) is 0 Å². The third kappa shape index (κ3) is 3.86. The van der Waals surface area contributed by atoms with Gasteiger partial charge in [0.1, 0.15) is 5.75 Å². The number of hydrogen-bond acceptors (Lipinski definition) is 2. The fraction of sp³-hybridized carbons (Fsp3) is 0.571. The minimum absolute atomic E-state index is 0.188. The standard InChI is InChI=1S/C14H22O2/c1-4-5-14(15)11(2)10-12-6-8-13(16-3)9-7-12/h6-9,11,14-15H,4-5,10H2,1-3H3. The third-order valence-corrected chi connectivity index (χ3v) is 2.96. The second kappa shape index (κ2) is 6.54. The molecule has 90 valence electrons. The van der Waals surface area contributed by atoms with Gasteiger partial charge in [-0.2, -0.15) is 0 Å². The number of aliphatic hydroxyl groups excluding tert-OH is 1. The lowest BCUT2D eigenvalue weighted by atomic mass is 9.93. The van der Waals surface area contributed by atoms with Crippen LogP contribution < -0.4 is 4.74 Å². The van der Waals surface area contributed by atoms with Crippen LogP contribution in [0.3, 0.4) is 0 Å². The van der Waals surface area contributed by atoms with Gasteiger partial charge in [-0.05, 0) is 36.5 Å². The van der Waals surface area contributed by atoms with Crippen LogP contribution in [0.2, 0.25) is 0 Å². The molecule has 2 unspecified atom stereocenters. The highest BCUT2D eigenvalue weighted by Crippen LogP contribution is 2.18. The molecule has 0 amide bonds. The number of hydrogen-bond donors (Lipinski definition) is 1. The Hall–Kier alpha value is -1.02. The first-order chi connectivity index (χ1) is 7.67. The average Bonchev–Trinajstić information content (AvgIpc) is 2.30. The molecule has 0 bridgehead atoms. The van der Waals surface area contributed by atoms with E-state index in [2.05, 4.69) is 26.0 Å². The molecule has 0 radical (unpaired) electrons. The first-order valence-corrected chi connectivity index (χ1v) is 5.98. The third-order valence-electron chi connectivity index (χ3n) is 2.96. The Kier molecular flexibility index (Phi) is 5.33. The van der Waals surface area contributed by atoms with Gasteiger partial charge < -0.3 is 9.84 Å². The second-order valence-corrected chi connectivity index (χ2v) is 4.39. The van der Waals surface area contributed by atoms with Crippen LogP contribution in [-0.4, -0.2) is 18.3 Å². The van der Waals surface area contributed by atoms with E-state index in [4.69, 9.17) is 4.74 Å². The van der Waals surface area contributed by atoms with E-state index in [0.29, 0.717) is 5.92 Å². The number of rotatable bonds is 6. The van der Waals surface area contributed by atoms with E-state index in [1.165, 1.54) is 5.56 Å². The highest BCUT2D eigenvalue weighted by atomic mass is 16.5. The van der Waals surface area contributed by atoms with Gasteiger partial charge in [-0.15, -0.1) is 0 Å². The quantitative estimate of drug-likeness (QED) is 0.801. The summed E-state index contributed by atoms with van der Waals surface area (Å²) in [6.45, 7) is 4.20. The van der Waals surface area contributed by atoms with Crippen LogP contribution in [0.15, 0.2) is 24.3 Å². The molecule has 1 N–H and O–H groups in total. The smallest absolute Gasteiger partial charge is 0.118 e. The van der Waals surface area contributed by atoms with E-state index >= 15 is 0 Å². The Morgan fingerprint density at radius 3 is 2.38 bits per heavy atom. The molecule has 1 aromatic rings. The molecule has 1 rings (SSSR count). The van der Waals surface area contributed by atoms with Gasteiger partial charge in [-0.25, -0.2) is 0 Å². The van der Waals surface area contributed by atoms with Crippen LogP contribution in [0, 0.1) is 5.92 Å². The summed E-state index contributed by atoms with van der Waals surface area (Å²) in [4.78, 5) is 0. The lowest BCUT2D eigenvalue weighted by Gasteiger charge is -2.18. The monoisotopic (exact) mass is 222 g/mol. The van der Waals surface area contributed by atoms with Crippen molar-refractivity contribution in [2.24, 2.45) is 5.92 Å². The van der Waals surface area contributed by atoms with Gasteiger partial charge in [0, 0.05) is 0 Å². The molecular weight excluding hydrogens is 200 g/mol. The van der Waals surface area contributed by atoms with Gasteiger partial charge in [-0.1, -0.05) is 32.4 Å². The summed E-state index contributed by atoms with van der Waals surface area (Å²) in [5.74, 6) is 1.19. The van der Waals surface area contributed by atoms with E-state index in [1.807, 2.05) is 12.1 Å². The molecule has 2 atom stereocenters. The zero-order chi connectivity index (χ0) is 12.0. The highest BCUT2D eigenvalue weighted by Gasteiger charge is 2.13. The van der Waals surface area contributed by atoms with Crippen LogP contribution in [-0.2, 0) is 6.42 Å². The first-order valence-electron chi connectivity index (χ1n) is 5.98. The van der Waals surface area contributed by atoms with E-state index in [-0.39, 0.29) is 6.10 Å². The van der Waals surface area contributed by atoms with Crippen molar-refractivity contribution in [2.75, 3.05) is 7.11 Å². The summed E-state index contributed by atoms with van der Waals surface area (Å²) in [6.07, 6.45) is 2.66. The molecule has 0 saturated carbocycles. The van der Waals surface area contributed by atoms with Crippen molar-refractivity contribution in [3.05, 3.63) is 29.8 Å².